The van der Waals surface area contributed by atoms with Gasteiger partial charge in [-0.25, -0.2) is 0 Å². The molecular weight excluding hydrogens is 430 g/mol. The lowest BCUT2D eigenvalue weighted by atomic mass is 10.0. The van der Waals surface area contributed by atoms with Crippen molar-refractivity contribution in [3.63, 3.8) is 0 Å². The van der Waals surface area contributed by atoms with E-state index < -0.39 is 17.8 Å². The van der Waals surface area contributed by atoms with Crippen LogP contribution in [0.5, 0.6) is 0 Å². The van der Waals surface area contributed by atoms with E-state index >= 15 is 0 Å². The standard InChI is InChI=1S/C27H29N3O4/c1-18(2)11-12-19-7-6-10-23-26(19)27(34)30(14-13-25(32)33)24(31)17-29(23)16-20-15-28(3)22-9-5-4-8-21(20)22/h4-12,15,18H,13-14,16-17H2,1-3H3,(H,32,33). The number of anilines is 1. The van der Waals surface area contributed by atoms with Crippen LogP contribution in [-0.2, 0) is 23.2 Å². The topological polar surface area (TPSA) is 82.8 Å². The number of aryl methyl sites for hydroxylation is 1. The van der Waals surface area contributed by atoms with E-state index in [4.69, 9.17) is 5.11 Å². The van der Waals surface area contributed by atoms with Crippen molar-refractivity contribution in [2.24, 2.45) is 13.0 Å². The number of benzene rings is 2. The van der Waals surface area contributed by atoms with Gasteiger partial charge in [0, 0.05) is 37.2 Å². The van der Waals surface area contributed by atoms with E-state index in [2.05, 4.69) is 24.5 Å². The summed E-state index contributed by atoms with van der Waals surface area (Å²) >= 11 is 0. The maximum absolute atomic E-state index is 13.6. The van der Waals surface area contributed by atoms with Crippen molar-refractivity contribution >= 4 is 40.4 Å². The molecule has 7 nitrogen and oxygen atoms in total. The molecule has 0 bridgehead atoms. The molecule has 0 aliphatic carbocycles. The summed E-state index contributed by atoms with van der Waals surface area (Å²) in [7, 11) is 1.99. The molecule has 0 atom stereocenters. The van der Waals surface area contributed by atoms with Gasteiger partial charge in [-0.1, -0.05) is 56.3 Å². The summed E-state index contributed by atoms with van der Waals surface area (Å²) in [5.74, 6) is -1.62. The minimum atomic E-state index is -1.05. The second-order valence-corrected chi connectivity index (χ2v) is 8.98. The van der Waals surface area contributed by atoms with Crippen molar-refractivity contribution in [1.29, 1.82) is 0 Å². The first kappa shape index (κ1) is 23.3. The second-order valence-electron chi connectivity index (χ2n) is 8.98. The van der Waals surface area contributed by atoms with E-state index in [1.165, 1.54) is 0 Å². The molecule has 1 aromatic heterocycles. The maximum Gasteiger partial charge on any atom is 0.305 e. The molecule has 2 amide bonds. The first-order valence-electron chi connectivity index (χ1n) is 11.4. The van der Waals surface area contributed by atoms with E-state index in [1.54, 1.807) is 0 Å². The fourth-order valence-corrected chi connectivity index (χ4v) is 4.40. The summed E-state index contributed by atoms with van der Waals surface area (Å²) < 4.78 is 2.05. The lowest BCUT2D eigenvalue weighted by Gasteiger charge is -2.24. The van der Waals surface area contributed by atoms with Crippen LogP contribution < -0.4 is 4.90 Å². The largest absolute Gasteiger partial charge is 0.481 e. The van der Waals surface area contributed by atoms with Crippen LogP contribution in [0.3, 0.4) is 0 Å². The fraction of sp³-hybridized carbons (Fsp3) is 0.296. The highest BCUT2D eigenvalue weighted by molar-refractivity contribution is 6.13. The number of hydrogen-bond acceptors (Lipinski definition) is 4. The Morgan fingerprint density at radius 3 is 2.62 bits per heavy atom. The quantitative estimate of drug-likeness (QED) is 0.533. The first-order chi connectivity index (χ1) is 16.3. The van der Waals surface area contributed by atoms with Crippen LogP contribution >= 0.6 is 0 Å². The number of rotatable bonds is 7. The number of carboxylic acids is 1. The van der Waals surface area contributed by atoms with Crippen LogP contribution in [0.2, 0.25) is 0 Å². The van der Waals surface area contributed by atoms with Crippen molar-refractivity contribution < 1.29 is 19.5 Å². The third-order valence-corrected chi connectivity index (χ3v) is 6.05. The Hall–Kier alpha value is -3.87. The fourth-order valence-electron chi connectivity index (χ4n) is 4.40. The van der Waals surface area contributed by atoms with Gasteiger partial charge in [0.05, 0.1) is 24.2 Å². The molecule has 1 N–H and O–H groups in total. The van der Waals surface area contributed by atoms with Crippen LogP contribution in [0.1, 0.15) is 41.8 Å². The molecule has 0 saturated carbocycles. The van der Waals surface area contributed by atoms with Crippen LogP contribution in [0.25, 0.3) is 17.0 Å². The number of hydrogen-bond donors (Lipinski definition) is 1. The zero-order chi connectivity index (χ0) is 24.4. The summed E-state index contributed by atoms with van der Waals surface area (Å²) in [6, 6.07) is 13.7. The van der Waals surface area contributed by atoms with Crippen molar-refractivity contribution in [3.8, 4) is 0 Å². The Morgan fingerprint density at radius 1 is 1.12 bits per heavy atom. The summed E-state index contributed by atoms with van der Waals surface area (Å²) in [5.41, 5.74) is 3.96. The summed E-state index contributed by atoms with van der Waals surface area (Å²) in [6.45, 7) is 4.37. The zero-order valence-electron chi connectivity index (χ0n) is 19.7. The average molecular weight is 460 g/mol. The number of imide groups is 1. The third-order valence-electron chi connectivity index (χ3n) is 6.05. The normalized spacial score (nSPS) is 14.4. The van der Waals surface area contributed by atoms with E-state index in [0.29, 0.717) is 23.4 Å². The minimum absolute atomic E-state index is 0.0150. The third kappa shape index (κ3) is 4.59. The zero-order valence-corrected chi connectivity index (χ0v) is 19.7. The number of aromatic nitrogens is 1. The molecule has 3 aromatic rings. The number of allylic oxidation sites excluding steroid dienone is 1. The van der Waals surface area contributed by atoms with Gasteiger partial charge in [-0.15, -0.1) is 0 Å². The van der Waals surface area contributed by atoms with Gasteiger partial charge in [-0.2, -0.15) is 0 Å². The number of carbonyl (C=O) groups is 3. The molecular formula is C27H29N3O4. The predicted octanol–water partition coefficient (Wildman–Crippen LogP) is 4.31. The van der Waals surface area contributed by atoms with E-state index in [0.717, 1.165) is 21.4 Å². The van der Waals surface area contributed by atoms with E-state index in [1.807, 2.05) is 66.7 Å². The second kappa shape index (κ2) is 9.55. The van der Waals surface area contributed by atoms with Gasteiger partial charge in [-0.3, -0.25) is 19.3 Å². The Kier molecular flexibility index (Phi) is 6.54. The Morgan fingerprint density at radius 2 is 1.88 bits per heavy atom. The Labute approximate surface area is 198 Å². The monoisotopic (exact) mass is 459 g/mol. The molecule has 1 aliphatic rings. The highest BCUT2D eigenvalue weighted by Gasteiger charge is 2.34. The van der Waals surface area contributed by atoms with Crippen LogP contribution in [0, 0.1) is 5.92 Å². The number of fused-ring (bicyclic) bond motifs is 2. The van der Waals surface area contributed by atoms with Crippen LogP contribution in [0.15, 0.2) is 54.7 Å². The molecule has 0 radical (unpaired) electrons. The molecule has 0 saturated heterocycles. The molecule has 34 heavy (non-hydrogen) atoms. The van der Waals surface area contributed by atoms with Gasteiger partial charge < -0.3 is 14.6 Å². The highest BCUT2D eigenvalue weighted by atomic mass is 16.4. The highest BCUT2D eigenvalue weighted by Crippen LogP contribution is 2.32. The number of nitrogens with zero attached hydrogens (tertiary/aromatic N) is 3. The molecule has 176 valence electrons. The molecule has 2 aromatic carbocycles. The number of amides is 2. The summed E-state index contributed by atoms with van der Waals surface area (Å²) in [4.78, 5) is 41.0. The molecule has 1 aliphatic heterocycles. The average Bonchev–Trinajstić information content (AvgIpc) is 3.07. The van der Waals surface area contributed by atoms with Gasteiger partial charge >= 0.3 is 5.97 Å². The van der Waals surface area contributed by atoms with Gasteiger partial charge in [0.1, 0.15) is 0 Å². The molecule has 4 rings (SSSR count). The SMILES string of the molecule is CC(C)C=Cc1cccc2c1C(=O)N(CCC(=O)O)C(=O)CN2Cc1cn(C)c2ccccc12. The number of aliphatic carboxylic acids is 1. The van der Waals surface area contributed by atoms with Gasteiger partial charge in [0.15, 0.2) is 0 Å². The van der Waals surface area contributed by atoms with Gasteiger partial charge in [-0.05, 0) is 29.2 Å². The molecule has 0 unspecified atom stereocenters. The van der Waals surface area contributed by atoms with E-state index in [9.17, 15) is 14.4 Å². The van der Waals surface area contributed by atoms with Gasteiger partial charge in [0.25, 0.3) is 5.91 Å². The molecule has 0 spiro atoms. The maximum atomic E-state index is 13.6. The number of carbonyl (C=O) groups excluding carboxylic acids is 2. The van der Waals surface area contributed by atoms with Crippen LogP contribution in [-0.4, -0.2) is 45.4 Å². The number of carboxylic acid groups (broad SMARTS) is 1. The first-order valence-corrected chi connectivity index (χ1v) is 11.4. The van der Waals surface area contributed by atoms with Crippen molar-refractivity contribution in [3.05, 3.63) is 71.4 Å². The summed E-state index contributed by atoms with van der Waals surface area (Å²) in [5, 5.41) is 10.2. The Balaban J connectivity index is 1.81. The number of para-hydroxylation sites is 1. The molecule has 2 heterocycles. The molecule has 7 heteroatoms. The predicted molar refractivity (Wildman–Crippen MR) is 133 cm³/mol. The van der Waals surface area contributed by atoms with Crippen LogP contribution in [0.4, 0.5) is 5.69 Å². The van der Waals surface area contributed by atoms with Crippen molar-refractivity contribution in [2.75, 3.05) is 18.0 Å². The lowest BCUT2D eigenvalue weighted by Crippen LogP contribution is -2.41. The minimum Gasteiger partial charge on any atom is -0.481 e. The molecule has 0 fully saturated rings. The van der Waals surface area contributed by atoms with E-state index in [-0.39, 0.29) is 25.4 Å². The summed E-state index contributed by atoms with van der Waals surface area (Å²) in [6.07, 6.45) is 5.67. The smallest absolute Gasteiger partial charge is 0.305 e. The van der Waals surface area contributed by atoms with Crippen molar-refractivity contribution in [1.82, 2.24) is 9.47 Å². The Bertz CT molecular complexity index is 1290. The lowest BCUT2D eigenvalue weighted by molar-refractivity contribution is -0.137. The van der Waals surface area contributed by atoms with Gasteiger partial charge in [0.2, 0.25) is 5.91 Å². The van der Waals surface area contributed by atoms with Crippen molar-refractivity contribution in [2.45, 2.75) is 26.8 Å².